The van der Waals surface area contributed by atoms with E-state index >= 15 is 0 Å². The molecule has 0 bridgehead atoms. The Bertz CT molecular complexity index is 356. The molecule has 0 atom stereocenters. The number of hydrogen-bond donors (Lipinski definition) is 2. The van der Waals surface area contributed by atoms with Crippen LogP contribution in [-0.4, -0.2) is 26.8 Å². The number of carboxylic acid groups (broad SMARTS) is 1. The van der Waals surface area contributed by atoms with Gasteiger partial charge in [-0.3, -0.25) is 9.48 Å². The zero-order valence-corrected chi connectivity index (χ0v) is 7.24. The van der Waals surface area contributed by atoms with E-state index < -0.39 is 5.97 Å². The van der Waals surface area contributed by atoms with Gasteiger partial charge in [0, 0.05) is 14.0 Å². The molecule has 1 amide bonds. The molecule has 70 valence electrons. The Balaban J connectivity index is 3.07. The second-order valence-electron chi connectivity index (χ2n) is 2.52. The van der Waals surface area contributed by atoms with Crippen LogP contribution < -0.4 is 5.32 Å². The maximum absolute atomic E-state index is 10.7. The van der Waals surface area contributed by atoms with Gasteiger partial charge >= 0.3 is 5.97 Å². The second-order valence-corrected chi connectivity index (χ2v) is 2.52. The van der Waals surface area contributed by atoms with Crippen molar-refractivity contribution in [2.75, 3.05) is 5.32 Å². The fourth-order valence-corrected chi connectivity index (χ4v) is 0.972. The van der Waals surface area contributed by atoms with E-state index in [0.717, 1.165) is 0 Å². The fourth-order valence-electron chi connectivity index (χ4n) is 0.972. The lowest BCUT2D eigenvalue weighted by Gasteiger charge is -2.00. The summed E-state index contributed by atoms with van der Waals surface area (Å²) in [6.07, 6.45) is 1.30. The first-order chi connectivity index (χ1) is 6.02. The Morgan fingerprint density at radius 3 is 2.69 bits per heavy atom. The van der Waals surface area contributed by atoms with Crippen LogP contribution in [0.15, 0.2) is 6.20 Å². The van der Waals surface area contributed by atoms with E-state index in [1.165, 1.54) is 24.9 Å². The molecule has 2 N–H and O–H groups in total. The highest BCUT2D eigenvalue weighted by molar-refractivity contribution is 5.98. The number of nitrogens with zero attached hydrogens (tertiary/aromatic N) is 2. The Labute approximate surface area is 74.2 Å². The molecule has 1 rings (SSSR count). The minimum Gasteiger partial charge on any atom is -0.476 e. The SMILES string of the molecule is CC(=O)Nc1cnn(C)c1C(=O)O. The molecule has 1 aromatic heterocycles. The molecule has 6 heteroatoms. The van der Waals surface area contributed by atoms with Crippen molar-refractivity contribution in [1.29, 1.82) is 0 Å². The van der Waals surface area contributed by atoms with Crippen LogP contribution in [0.4, 0.5) is 5.69 Å². The summed E-state index contributed by atoms with van der Waals surface area (Å²) in [4.78, 5) is 21.3. The highest BCUT2D eigenvalue weighted by atomic mass is 16.4. The van der Waals surface area contributed by atoms with Crippen molar-refractivity contribution >= 4 is 17.6 Å². The summed E-state index contributed by atoms with van der Waals surface area (Å²) >= 11 is 0. The van der Waals surface area contributed by atoms with E-state index in [0.29, 0.717) is 0 Å². The zero-order chi connectivity index (χ0) is 10.0. The summed E-state index contributed by atoms with van der Waals surface area (Å²) in [5, 5.41) is 14.8. The van der Waals surface area contributed by atoms with E-state index in [1.54, 1.807) is 0 Å². The predicted molar refractivity (Wildman–Crippen MR) is 44.5 cm³/mol. The molecule has 0 spiro atoms. The van der Waals surface area contributed by atoms with E-state index in [1.807, 2.05) is 0 Å². The first kappa shape index (κ1) is 9.24. The summed E-state index contributed by atoms with van der Waals surface area (Å²) in [7, 11) is 1.49. The number of anilines is 1. The van der Waals surface area contributed by atoms with E-state index in [2.05, 4.69) is 10.4 Å². The average Bonchev–Trinajstić information content (AvgIpc) is 2.30. The Morgan fingerprint density at radius 1 is 1.62 bits per heavy atom. The molecule has 0 aliphatic heterocycles. The number of carbonyl (C=O) groups is 2. The second kappa shape index (κ2) is 3.26. The van der Waals surface area contributed by atoms with Gasteiger partial charge in [-0.05, 0) is 0 Å². The van der Waals surface area contributed by atoms with Gasteiger partial charge in [0.25, 0.3) is 0 Å². The third-order valence-corrected chi connectivity index (χ3v) is 1.45. The smallest absolute Gasteiger partial charge is 0.356 e. The lowest BCUT2D eigenvalue weighted by Crippen LogP contribution is -2.12. The van der Waals surface area contributed by atoms with Crippen LogP contribution in [0.25, 0.3) is 0 Å². The van der Waals surface area contributed by atoms with Crippen LogP contribution in [0.2, 0.25) is 0 Å². The van der Waals surface area contributed by atoms with Crippen molar-refractivity contribution in [3.8, 4) is 0 Å². The highest BCUT2D eigenvalue weighted by Crippen LogP contribution is 2.13. The number of carbonyl (C=O) groups excluding carboxylic acids is 1. The van der Waals surface area contributed by atoms with Crippen molar-refractivity contribution < 1.29 is 14.7 Å². The molecule has 6 nitrogen and oxygen atoms in total. The molecule has 0 unspecified atom stereocenters. The number of nitrogens with one attached hydrogen (secondary N) is 1. The number of hydrogen-bond acceptors (Lipinski definition) is 3. The molecule has 0 saturated carbocycles. The molecule has 0 aliphatic rings. The van der Waals surface area contributed by atoms with Gasteiger partial charge < -0.3 is 10.4 Å². The molecule has 1 aromatic rings. The lowest BCUT2D eigenvalue weighted by atomic mass is 10.3. The van der Waals surface area contributed by atoms with Crippen LogP contribution in [0.1, 0.15) is 17.4 Å². The summed E-state index contributed by atoms with van der Waals surface area (Å²) < 4.78 is 1.19. The summed E-state index contributed by atoms with van der Waals surface area (Å²) in [5.41, 5.74) is 0.178. The largest absolute Gasteiger partial charge is 0.476 e. The van der Waals surface area contributed by atoms with Crippen LogP contribution in [0.3, 0.4) is 0 Å². The Morgan fingerprint density at radius 2 is 2.23 bits per heavy atom. The van der Waals surface area contributed by atoms with Crippen molar-refractivity contribution in [2.45, 2.75) is 6.92 Å². The lowest BCUT2D eigenvalue weighted by molar-refractivity contribution is -0.114. The maximum atomic E-state index is 10.7. The van der Waals surface area contributed by atoms with Gasteiger partial charge in [0.05, 0.1) is 11.9 Å². The van der Waals surface area contributed by atoms with Crippen LogP contribution in [0.5, 0.6) is 0 Å². The maximum Gasteiger partial charge on any atom is 0.356 e. The fraction of sp³-hybridized carbons (Fsp3) is 0.286. The Hall–Kier alpha value is -1.85. The van der Waals surface area contributed by atoms with Gasteiger partial charge in [0.1, 0.15) is 0 Å². The van der Waals surface area contributed by atoms with Gasteiger partial charge in [0.2, 0.25) is 5.91 Å². The van der Waals surface area contributed by atoms with Crippen molar-refractivity contribution in [1.82, 2.24) is 9.78 Å². The summed E-state index contributed by atoms with van der Waals surface area (Å²) in [6.45, 7) is 1.30. The van der Waals surface area contributed by atoms with Gasteiger partial charge in [-0.2, -0.15) is 5.10 Å². The van der Waals surface area contributed by atoms with Crippen LogP contribution in [0, 0.1) is 0 Å². The number of rotatable bonds is 2. The van der Waals surface area contributed by atoms with Crippen molar-refractivity contribution in [2.24, 2.45) is 7.05 Å². The molecule has 0 radical (unpaired) electrons. The molecule has 0 aliphatic carbocycles. The first-order valence-corrected chi connectivity index (χ1v) is 3.55. The quantitative estimate of drug-likeness (QED) is 0.679. The zero-order valence-electron chi connectivity index (χ0n) is 7.24. The molecule has 13 heavy (non-hydrogen) atoms. The van der Waals surface area contributed by atoms with Gasteiger partial charge in [0.15, 0.2) is 5.69 Å². The van der Waals surface area contributed by atoms with E-state index in [9.17, 15) is 9.59 Å². The monoisotopic (exact) mass is 183 g/mol. The normalized spacial score (nSPS) is 9.69. The van der Waals surface area contributed by atoms with E-state index in [-0.39, 0.29) is 17.3 Å². The van der Waals surface area contributed by atoms with Gasteiger partial charge in [-0.1, -0.05) is 0 Å². The number of carboxylic acids is 1. The first-order valence-electron chi connectivity index (χ1n) is 3.55. The number of amides is 1. The third kappa shape index (κ3) is 1.84. The summed E-state index contributed by atoms with van der Waals surface area (Å²) in [5.74, 6) is -1.45. The Kier molecular flexibility index (Phi) is 2.32. The minimum absolute atomic E-state index is 0.0322. The van der Waals surface area contributed by atoms with Crippen LogP contribution >= 0.6 is 0 Å². The molecule has 0 fully saturated rings. The van der Waals surface area contributed by atoms with Crippen LogP contribution in [-0.2, 0) is 11.8 Å². The molecular formula is C7H9N3O3. The number of aromatic nitrogens is 2. The highest BCUT2D eigenvalue weighted by Gasteiger charge is 2.15. The summed E-state index contributed by atoms with van der Waals surface area (Å²) in [6, 6.07) is 0. The third-order valence-electron chi connectivity index (χ3n) is 1.45. The van der Waals surface area contributed by atoms with Gasteiger partial charge in [-0.25, -0.2) is 4.79 Å². The predicted octanol–water partition coefficient (Wildman–Crippen LogP) is 0.0767. The molecular weight excluding hydrogens is 174 g/mol. The minimum atomic E-state index is -1.12. The van der Waals surface area contributed by atoms with Crippen molar-refractivity contribution in [3.05, 3.63) is 11.9 Å². The standard InChI is InChI=1S/C7H9N3O3/c1-4(11)9-5-3-8-10(2)6(5)7(12)13/h3H,1-2H3,(H,9,11)(H,12,13). The number of aromatic carboxylic acids is 1. The molecule has 1 heterocycles. The van der Waals surface area contributed by atoms with Gasteiger partial charge in [-0.15, -0.1) is 0 Å². The molecule has 0 saturated heterocycles. The average molecular weight is 183 g/mol. The number of aryl methyl sites for hydroxylation is 1. The molecule has 0 aromatic carbocycles. The van der Waals surface area contributed by atoms with E-state index in [4.69, 9.17) is 5.11 Å². The van der Waals surface area contributed by atoms with Crippen molar-refractivity contribution in [3.63, 3.8) is 0 Å². The topological polar surface area (TPSA) is 84.2 Å².